The highest BCUT2D eigenvalue weighted by Gasteiger charge is 2.40. The van der Waals surface area contributed by atoms with Crippen LogP contribution in [-0.2, 0) is 4.79 Å². The van der Waals surface area contributed by atoms with Crippen molar-refractivity contribution < 1.29 is 23.1 Å². The maximum absolute atomic E-state index is 12.3. The molecule has 0 aliphatic heterocycles. The standard InChI is InChI=1S/C9H11F3O2/c10-9(11,12)7-3-1-2-6(4-7)5-8(13)14/h5,7H,1-4H2,(H,13,14)/b6-5-. The number of carboxylic acid groups (broad SMARTS) is 1. The van der Waals surface area contributed by atoms with E-state index in [9.17, 15) is 18.0 Å². The number of carbonyl (C=O) groups is 1. The molecule has 0 radical (unpaired) electrons. The van der Waals surface area contributed by atoms with Gasteiger partial charge in [0.1, 0.15) is 0 Å². The van der Waals surface area contributed by atoms with Gasteiger partial charge in [-0.25, -0.2) is 4.79 Å². The largest absolute Gasteiger partial charge is 0.478 e. The van der Waals surface area contributed by atoms with Crippen LogP contribution in [0.15, 0.2) is 11.6 Å². The van der Waals surface area contributed by atoms with Crippen LogP contribution in [0.2, 0.25) is 0 Å². The zero-order valence-corrected chi connectivity index (χ0v) is 7.47. The number of rotatable bonds is 1. The van der Waals surface area contributed by atoms with E-state index < -0.39 is 18.1 Å². The molecule has 1 fully saturated rings. The first-order valence-electron chi connectivity index (χ1n) is 4.38. The Morgan fingerprint density at radius 3 is 2.64 bits per heavy atom. The van der Waals surface area contributed by atoms with E-state index in [-0.39, 0.29) is 12.8 Å². The summed E-state index contributed by atoms with van der Waals surface area (Å²) < 4.78 is 36.8. The molecule has 0 spiro atoms. The van der Waals surface area contributed by atoms with Crippen LogP contribution in [-0.4, -0.2) is 17.3 Å². The third kappa shape index (κ3) is 3.05. The van der Waals surface area contributed by atoms with Crippen LogP contribution in [0.3, 0.4) is 0 Å². The Morgan fingerprint density at radius 1 is 1.50 bits per heavy atom. The fourth-order valence-electron chi connectivity index (χ4n) is 1.68. The first kappa shape index (κ1) is 11.1. The maximum Gasteiger partial charge on any atom is 0.392 e. The van der Waals surface area contributed by atoms with Crippen LogP contribution in [0, 0.1) is 5.92 Å². The molecule has 80 valence electrons. The van der Waals surface area contributed by atoms with Gasteiger partial charge >= 0.3 is 12.1 Å². The second-order valence-corrected chi connectivity index (χ2v) is 3.48. The average molecular weight is 208 g/mol. The summed E-state index contributed by atoms with van der Waals surface area (Å²) in [6.45, 7) is 0. The Labute approximate surface area is 79.4 Å². The van der Waals surface area contributed by atoms with Gasteiger partial charge in [0.15, 0.2) is 0 Å². The molecule has 0 bridgehead atoms. The SMILES string of the molecule is O=C(O)/C=C1/CCCC(C(F)(F)F)C1. The minimum atomic E-state index is -4.20. The Bertz CT molecular complexity index is 255. The lowest BCUT2D eigenvalue weighted by Gasteiger charge is -2.25. The molecule has 0 amide bonds. The second-order valence-electron chi connectivity index (χ2n) is 3.48. The third-order valence-corrected chi connectivity index (χ3v) is 2.35. The summed E-state index contributed by atoms with van der Waals surface area (Å²) in [5.41, 5.74) is 0.395. The molecule has 14 heavy (non-hydrogen) atoms. The molecule has 0 aromatic carbocycles. The van der Waals surface area contributed by atoms with Crippen LogP contribution in [0.5, 0.6) is 0 Å². The molecule has 1 unspecified atom stereocenters. The smallest absolute Gasteiger partial charge is 0.392 e. The molecule has 1 rings (SSSR count). The summed E-state index contributed by atoms with van der Waals surface area (Å²) in [6, 6.07) is 0. The molecule has 1 saturated carbocycles. The van der Waals surface area contributed by atoms with Crippen molar-refractivity contribution in [2.45, 2.75) is 31.9 Å². The van der Waals surface area contributed by atoms with E-state index in [1.54, 1.807) is 0 Å². The summed E-state index contributed by atoms with van der Waals surface area (Å²) in [5.74, 6) is -2.52. The van der Waals surface area contributed by atoms with E-state index in [1.165, 1.54) is 0 Å². The van der Waals surface area contributed by atoms with Crippen molar-refractivity contribution in [2.24, 2.45) is 5.92 Å². The number of hydrogen-bond acceptors (Lipinski definition) is 1. The van der Waals surface area contributed by atoms with Gasteiger partial charge in [-0.05, 0) is 25.7 Å². The number of aliphatic carboxylic acids is 1. The molecule has 1 N–H and O–H groups in total. The number of alkyl halides is 3. The van der Waals surface area contributed by atoms with Crippen LogP contribution >= 0.6 is 0 Å². The predicted octanol–water partition coefficient (Wildman–Crippen LogP) is 2.75. The van der Waals surface area contributed by atoms with Gasteiger partial charge in [-0.2, -0.15) is 13.2 Å². The van der Waals surface area contributed by atoms with Crippen molar-refractivity contribution in [3.8, 4) is 0 Å². The molecular weight excluding hydrogens is 197 g/mol. The Balaban J connectivity index is 2.65. The summed E-state index contributed by atoms with van der Waals surface area (Å²) >= 11 is 0. The average Bonchev–Trinajstić information content (AvgIpc) is 2.01. The summed E-state index contributed by atoms with van der Waals surface area (Å²) in [4.78, 5) is 10.3. The highest BCUT2D eigenvalue weighted by Crippen LogP contribution is 2.39. The van der Waals surface area contributed by atoms with Crippen molar-refractivity contribution in [1.82, 2.24) is 0 Å². The summed E-state index contributed by atoms with van der Waals surface area (Å²) in [6.07, 6.45) is -2.45. The topological polar surface area (TPSA) is 37.3 Å². The van der Waals surface area contributed by atoms with Crippen LogP contribution in [0.25, 0.3) is 0 Å². The van der Waals surface area contributed by atoms with Crippen molar-refractivity contribution in [3.05, 3.63) is 11.6 Å². The second kappa shape index (κ2) is 4.02. The molecule has 1 atom stereocenters. The van der Waals surface area contributed by atoms with Gasteiger partial charge in [0, 0.05) is 6.08 Å². The zero-order valence-electron chi connectivity index (χ0n) is 7.47. The molecule has 1 aliphatic carbocycles. The van der Waals surface area contributed by atoms with Crippen LogP contribution in [0.4, 0.5) is 13.2 Å². The van der Waals surface area contributed by atoms with E-state index in [4.69, 9.17) is 5.11 Å². The lowest BCUT2D eigenvalue weighted by atomic mass is 9.85. The lowest BCUT2D eigenvalue weighted by Crippen LogP contribution is -2.26. The highest BCUT2D eigenvalue weighted by molar-refractivity contribution is 5.80. The molecule has 2 nitrogen and oxygen atoms in total. The number of carboxylic acids is 1. The molecular formula is C9H11F3O2. The van der Waals surface area contributed by atoms with Gasteiger partial charge in [-0.1, -0.05) is 5.57 Å². The van der Waals surface area contributed by atoms with Gasteiger partial charge in [0.05, 0.1) is 5.92 Å². The summed E-state index contributed by atoms with van der Waals surface area (Å²) in [7, 11) is 0. The highest BCUT2D eigenvalue weighted by atomic mass is 19.4. The Hall–Kier alpha value is -1.00. The predicted molar refractivity (Wildman–Crippen MR) is 43.7 cm³/mol. The minimum Gasteiger partial charge on any atom is -0.478 e. The fraction of sp³-hybridized carbons (Fsp3) is 0.667. The van der Waals surface area contributed by atoms with E-state index in [2.05, 4.69) is 0 Å². The lowest BCUT2D eigenvalue weighted by molar-refractivity contribution is -0.178. The van der Waals surface area contributed by atoms with Crippen LogP contribution in [0.1, 0.15) is 25.7 Å². The number of halogens is 3. The molecule has 0 heterocycles. The van der Waals surface area contributed by atoms with Crippen LogP contribution < -0.4 is 0 Å². The van der Waals surface area contributed by atoms with E-state index in [0.717, 1.165) is 6.08 Å². The first-order valence-corrected chi connectivity index (χ1v) is 4.38. The van der Waals surface area contributed by atoms with E-state index >= 15 is 0 Å². The van der Waals surface area contributed by atoms with Gasteiger partial charge in [-0.3, -0.25) is 0 Å². The molecule has 0 saturated heterocycles. The van der Waals surface area contributed by atoms with Crippen molar-refractivity contribution >= 4 is 5.97 Å². The van der Waals surface area contributed by atoms with Gasteiger partial charge in [0.25, 0.3) is 0 Å². The van der Waals surface area contributed by atoms with Crippen molar-refractivity contribution in [3.63, 3.8) is 0 Å². The van der Waals surface area contributed by atoms with Gasteiger partial charge in [0.2, 0.25) is 0 Å². The normalized spacial score (nSPS) is 26.5. The molecule has 0 aromatic rings. The molecule has 0 aromatic heterocycles. The Kier molecular flexibility index (Phi) is 3.18. The first-order chi connectivity index (χ1) is 6.39. The minimum absolute atomic E-state index is 0.112. The van der Waals surface area contributed by atoms with E-state index in [1.807, 2.05) is 0 Å². The molecule has 5 heteroatoms. The molecule has 1 aliphatic rings. The summed E-state index contributed by atoms with van der Waals surface area (Å²) in [5, 5.41) is 8.40. The van der Waals surface area contributed by atoms with Crippen molar-refractivity contribution in [1.29, 1.82) is 0 Å². The number of hydrogen-bond donors (Lipinski definition) is 1. The quantitative estimate of drug-likeness (QED) is 0.673. The zero-order chi connectivity index (χ0) is 10.8. The van der Waals surface area contributed by atoms with Crippen molar-refractivity contribution in [2.75, 3.05) is 0 Å². The monoisotopic (exact) mass is 208 g/mol. The fourth-order valence-corrected chi connectivity index (χ4v) is 1.68. The Morgan fingerprint density at radius 2 is 2.14 bits per heavy atom. The maximum atomic E-state index is 12.3. The third-order valence-electron chi connectivity index (χ3n) is 2.35. The van der Waals surface area contributed by atoms with Gasteiger partial charge < -0.3 is 5.11 Å². The van der Waals surface area contributed by atoms with E-state index in [0.29, 0.717) is 18.4 Å². The number of allylic oxidation sites excluding steroid dienone is 1. The van der Waals surface area contributed by atoms with Gasteiger partial charge in [-0.15, -0.1) is 0 Å².